The van der Waals surface area contributed by atoms with Gasteiger partial charge in [-0.25, -0.2) is 15.0 Å². The van der Waals surface area contributed by atoms with Crippen LogP contribution in [0.2, 0.25) is 0 Å². The van der Waals surface area contributed by atoms with Gasteiger partial charge in [-0.3, -0.25) is 0 Å². The molecule has 68 heavy (non-hydrogen) atoms. The number of fused-ring (bicyclic) bond motifs is 3. The van der Waals surface area contributed by atoms with Gasteiger partial charge in [0.25, 0.3) is 0 Å². The van der Waals surface area contributed by atoms with Crippen molar-refractivity contribution in [3.05, 3.63) is 261 Å². The molecule has 12 aromatic rings. The highest BCUT2D eigenvalue weighted by atomic mass is 15.1. The van der Waals surface area contributed by atoms with Crippen LogP contribution in [0.15, 0.2) is 261 Å². The Morgan fingerprint density at radius 1 is 0.279 bits per heavy atom. The Morgan fingerprint density at radius 3 is 1.25 bits per heavy atom. The first kappa shape index (κ1) is 40.3. The zero-order valence-corrected chi connectivity index (χ0v) is 37.1. The van der Waals surface area contributed by atoms with Gasteiger partial charge in [-0.15, -0.1) is 0 Å². The third-order valence-electron chi connectivity index (χ3n) is 12.6. The standard InChI is InChI=1S/C63H43N5/c1-6-20-44(21-7-1)49-28-18-32-54(40-49)67(55-33-19-29-50(41-55)45-22-8-2-9-23-45)53-38-36-46(37-39-53)57-42-51(43-59-60(57)56-34-16-17-35-58(56)68(59)52-30-14-5-15-31-52)63-65-61(47-24-10-3-11-25-47)64-62(66-63)48-26-12-4-13-27-48/h1-43H. The molecule has 0 atom stereocenters. The predicted octanol–water partition coefficient (Wildman–Crippen LogP) is 16.4. The Kier molecular flexibility index (Phi) is 10.5. The molecule has 0 aliphatic carbocycles. The maximum atomic E-state index is 5.22. The van der Waals surface area contributed by atoms with E-state index in [0.29, 0.717) is 17.5 Å². The lowest BCUT2D eigenvalue weighted by atomic mass is 9.96. The van der Waals surface area contributed by atoms with Gasteiger partial charge in [-0.05, 0) is 100 Å². The number of hydrogen-bond acceptors (Lipinski definition) is 4. The summed E-state index contributed by atoms with van der Waals surface area (Å²) in [5.41, 5.74) is 16.0. The van der Waals surface area contributed by atoms with Gasteiger partial charge in [-0.2, -0.15) is 0 Å². The second-order valence-electron chi connectivity index (χ2n) is 16.9. The molecule has 5 nitrogen and oxygen atoms in total. The highest BCUT2D eigenvalue weighted by molar-refractivity contribution is 6.17. The highest BCUT2D eigenvalue weighted by Crippen LogP contribution is 2.44. The van der Waals surface area contributed by atoms with Crippen molar-refractivity contribution in [1.29, 1.82) is 0 Å². The molecule has 0 aliphatic rings. The molecule has 320 valence electrons. The monoisotopic (exact) mass is 869 g/mol. The fourth-order valence-electron chi connectivity index (χ4n) is 9.39. The fraction of sp³-hybridized carbons (Fsp3) is 0. The number of anilines is 3. The maximum Gasteiger partial charge on any atom is 0.164 e. The van der Waals surface area contributed by atoms with E-state index >= 15 is 0 Å². The third kappa shape index (κ3) is 7.68. The summed E-state index contributed by atoms with van der Waals surface area (Å²) in [7, 11) is 0. The van der Waals surface area contributed by atoms with Crippen LogP contribution in [0, 0.1) is 0 Å². The molecule has 0 amide bonds. The smallest absolute Gasteiger partial charge is 0.164 e. The Hall–Kier alpha value is -9.19. The molecule has 12 rings (SSSR count). The molecule has 0 aliphatic heterocycles. The van der Waals surface area contributed by atoms with E-state index in [2.05, 4.69) is 234 Å². The van der Waals surface area contributed by atoms with Crippen molar-refractivity contribution in [2.24, 2.45) is 0 Å². The number of aromatic nitrogens is 4. The van der Waals surface area contributed by atoms with Crippen molar-refractivity contribution < 1.29 is 0 Å². The molecule has 0 saturated heterocycles. The Labute approximate surface area is 395 Å². The summed E-state index contributed by atoms with van der Waals surface area (Å²) in [5, 5.41) is 2.32. The van der Waals surface area contributed by atoms with E-state index in [1.807, 2.05) is 36.4 Å². The molecule has 0 radical (unpaired) electrons. The minimum absolute atomic E-state index is 0.602. The van der Waals surface area contributed by atoms with Crippen molar-refractivity contribution in [2.75, 3.05) is 4.90 Å². The topological polar surface area (TPSA) is 46.8 Å². The second-order valence-corrected chi connectivity index (χ2v) is 16.9. The highest BCUT2D eigenvalue weighted by Gasteiger charge is 2.22. The zero-order valence-electron chi connectivity index (χ0n) is 37.1. The lowest BCUT2D eigenvalue weighted by Crippen LogP contribution is -2.10. The lowest BCUT2D eigenvalue weighted by molar-refractivity contribution is 1.07. The van der Waals surface area contributed by atoms with E-state index < -0.39 is 0 Å². The molecule has 0 bridgehead atoms. The first-order valence-corrected chi connectivity index (χ1v) is 22.9. The van der Waals surface area contributed by atoms with Crippen molar-refractivity contribution in [1.82, 2.24) is 19.5 Å². The minimum atomic E-state index is 0.602. The van der Waals surface area contributed by atoms with Crippen molar-refractivity contribution in [2.45, 2.75) is 0 Å². The summed E-state index contributed by atoms with van der Waals surface area (Å²) < 4.78 is 2.37. The maximum absolute atomic E-state index is 5.22. The molecule has 0 spiro atoms. The number of benzene rings is 10. The molecule has 5 heteroatoms. The largest absolute Gasteiger partial charge is 0.310 e. The molecular formula is C63H43N5. The molecule has 2 aromatic heterocycles. The van der Waals surface area contributed by atoms with Gasteiger partial charge in [0.1, 0.15) is 0 Å². The van der Waals surface area contributed by atoms with Crippen LogP contribution < -0.4 is 4.90 Å². The van der Waals surface area contributed by atoms with E-state index in [-0.39, 0.29) is 0 Å². The van der Waals surface area contributed by atoms with E-state index in [9.17, 15) is 0 Å². The van der Waals surface area contributed by atoms with Crippen LogP contribution in [0.4, 0.5) is 17.1 Å². The van der Waals surface area contributed by atoms with Gasteiger partial charge in [0.15, 0.2) is 17.5 Å². The van der Waals surface area contributed by atoms with Crippen LogP contribution in [-0.4, -0.2) is 19.5 Å². The van der Waals surface area contributed by atoms with Gasteiger partial charge >= 0.3 is 0 Å². The van der Waals surface area contributed by atoms with E-state index in [1.54, 1.807) is 0 Å². The van der Waals surface area contributed by atoms with Crippen LogP contribution in [0.1, 0.15) is 0 Å². The number of rotatable bonds is 10. The Morgan fingerprint density at radius 2 is 0.721 bits per heavy atom. The number of hydrogen-bond donors (Lipinski definition) is 0. The summed E-state index contributed by atoms with van der Waals surface area (Å²) in [6.45, 7) is 0. The quantitative estimate of drug-likeness (QED) is 0.137. The summed E-state index contributed by atoms with van der Waals surface area (Å²) >= 11 is 0. The molecule has 10 aromatic carbocycles. The average molecular weight is 870 g/mol. The number of nitrogens with zero attached hydrogens (tertiary/aromatic N) is 5. The van der Waals surface area contributed by atoms with Gasteiger partial charge in [0.05, 0.1) is 11.0 Å². The molecule has 0 N–H and O–H groups in total. The third-order valence-corrected chi connectivity index (χ3v) is 12.6. The summed E-state index contributed by atoms with van der Waals surface area (Å²) in [6.07, 6.45) is 0. The van der Waals surface area contributed by atoms with E-state index in [0.717, 1.165) is 78.1 Å². The van der Waals surface area contributed by atoms with Crippen molar-refractivity contribution in [3.63, 3.8) is 0 Å². The predicted molar refractivity (Wildman–Crippen MR) is 281 cm³/mol. The summed E-state index contributed by atoms with van der Waals surface area (Å²) in [5.74, 6) is 1.85. The zero-order chi connectivity index (χ0) is 45.2. The Balaban J connectivity index is 1.07. The summed E-state index contributed by atoms with van der Waals surface area (Å²) in [6, 6.07) is 92.0. The molecule has 0 saturated carbocycles. The van der Waals surface area contributed by atoms with Crippen molar-refractivity contribution in [3.8, 4) is 73.2 Å². The molecule has 0 unspecified atom stereocenters. The second kappa shape index (κ2) is 17.7. The summed E-state index contributed by atoms with van der Waals surface area (Å²) in [4.78, 5) is 17.8. The van der Waals surface area contributed by atoms with Crippen LogP contribution in [0.3, 0.4) is 0 Å². The van der Waals surface area contributed by atoms with E-state index in [4.69, 9.17) is 15.0 Å². The fourth-order valence-corrected chi connectivity index (χ4v) is 9.39. The van der Waals surface area contributed by atoms with Gasteiger partial charge in [0.2, 0.25) is 0 Å². The lowest BCUT2D eigenvalue weighted by Gasteiger charge is -2.27. The van der Waals surface area contributed by atoms with Crippen LogP contribution >= 0.6 is 0 Å². The van der Waals surface area contributed by atoms with Gasteiger partial charge in [-0.1, -0.05) is 194 Å². The number of para-hydroxylation sites is 2. The van der Waals surface area contributed by atoms with Crippen LogP contribution in [-0.2, 0) is 0 Å². The van der Waals surface area contributed by atoms with Gasteiger partial charge in [0, 0.05) is 50.2 Å². The van der Waals surface area contributed by atoms with Crippen molar-refractivity contribution >= 4 is 38.9 Å². The first-order valence-electron chi connectivity index (χ1n) is 22.9. The first-order chi connectivity index (χ1) is 33.7. The normalized spacial score (nSPS) is 11.2. The van der Waals surface area contributed by atoms with Crippen LogP contribution in [0.5, 0.6) is 0 Å². The van der Waals surface area contributed by atoms with E-state index in [1.165, 1.54) is 16.5 Å². The SMILES string of the molecule is c1ccc(-c2cccc(N(c3ccc(-c4cc(-c5nc(-c6ccccc6)nc(-c6ccccc6)n5)cc5c4c4ccccc4n5-c4ccccc4)cc3)c3cccc(-c4ccccc4)c3)c2)cc1. The minimum Gasteiger partial charge on any atom is -0.310 e. The van der Waals surface area contributed by atoms with Gasteiger partial charge < -0.3 is 9.47 Å². The van der Waals surface area contributed by atoms with Crippen LogP contribution in [0.25, 0.3) is 95.0 Å². The molecule has 2 heterocycles. The Bertz CT molecular complexity index is 3560. The molecule has 0 fully saturated rings. The average Bonchev–Trinajstić information content (AvgIpc) is 3.76. The molecular weight excluding hydrogens is 827 g/mol.